The third-order valence-electron chi connectivity index (χ3n) is 4.96. The lowest BCUT2D eigenvalue weighted by Crippen LogP contribution is -2.28. The Bertz CT molecular complexity index is 1020. The van der Waals surface area contributed by atoms with Gasteiger partial charge in [0.15, 0.2) is 0 Å². The second-order valence-corrected chi connectivity index (χ2v) is 8.26. The van der Waals surface area contributed by atoms with Gasteiger partial charge < -0.3 is 10.2 Å². The number of aryl methyl sites for hydroxylation is 1. The quantitative estimate of drug-likeness (QED) is 0.643. The Balaban J connectivity index is 1.46. The fourth-order valence-corrected chi connectivity index (χ4v) is 4.29. The van der Waals surface area contributed by atoms with Gasteiger partial charge in [0.25, 0.3) is 0 Å². The molecule has 1 heterocycles. The summed E-state index contributed by atoms with van der Waals surface area (Å²) < 4.78 is 0. The fourth-order valence-electron chi connectivity index (χ4n) is 3.37. The van der Waals surface area contributed by atoms with Gasteiger partial charge in [0, 0.05) is 28.4 Å². The number of amides is 2. The summed E-state index contributed by atoms with van der Waals surface area (Å²) in [4.78, 5) is 29.2. The second-order valence-electron chi connectivity index (χ2n) is 7.14. The monoisotopic (exact) mass is 402 g/mol. The summed E-state index contributed by atoms with van der Waals surface area (Å²) in [6.45, 7) is 2.42. The van der Waals surface area contributed by atoms with Gasteiger partial charge in [-0.15, -0.1) is 0 Å². The molecule has 1 atom stereocenters. The molecule has 4 rings (SSSR count). The third-order valence-corrected chi connectivity index (χ3v) is 6.04. The van der Waals surface area contributed by atoms with Crippen LogP contribution in [-0.4, -0.2) is 18.4 Å². The minimum atomic E-state index is -0.362. The zero-order chi connectivity index (χ0) is 20.2. The third kappa shape index (κ3) is 4.51. The van der Waals surface area contributed by atoms with Crippen LogP contribution in [-0.2, 0) is 9.59 Å². The SMILES string of the molecule is Cc1ccc(N2C[C@H](C(=O)Nc3ccccc3Sc3ccccc3)CC2=O)cc1. The van der Waals surface area contributed by atoms with Crippen molar-refractivity contribution >= 4 is 35.0 Å². The van der Waals surface area contributed by atoms with Crippen LogP contribution in [0.2, 0.25) is 0 Å². The van der Waals surface area contributed by atoms with Crippen molar-refractivity contribution in [2.24, 2.45) is 5.92 Å². The van der Waals surface area contributed by atoms with Crippen molar-refractivity contribution in [2.45, 2.75) is 23.1 Å². The van der Waals surface area contributed by atoms with Gasteiger partial charge in [-0.2, -0.15) is 0 Å². The Hall–Kier alpha value is -3.05. The van der Waals surface area contributed by atoms with Crippen molar-refractivity contribution in [1.29, 1.82) is 0 Å². The summed E-state index contributed by atoms with van der Waals surface area (Å²) in [6, 6.07) is 25.6. The Morgan fingerprint density at radius 1 is 0.966 bits per heavy atom. The van der Waals surface area contributed by atoms with E-state index in [1.807, 2.05) is 85.8 Å². The lowest BCUT2D eigenvalue weighted by molar-refractivity contribution is -0.122. The van der Waals surface area contributed by atoms with Crippen molar-refractivity contribution in [3.8, 4) is 0 Å². The highest BCUT2D eigenvalue weighted by Crippen LogP contribution is 2.34. The van der Waals surface area contributed by atoms with Crippen molar-refractivity contribution in [3.63, 3.8) is 0 Å². The number of hydrogen-bond donors (Lipinski definition) is 1. The van der Waals surface area contributed by atoms with Crippen LogP contribution in [0.1, 0.15) is 12.0 Å². The Kier molecular flexibility index (Phi) is 5.67. The van der Waals surface area contributed by atoms with E-state index in [2.05, 4.69) is 5.32 Å². The number of rotatable bonds is 5. The Morgan fingerprint density at radius 2 is 1.66 bits per heavy atom. The first-order chi connectivity index (χ1) is 14.1. The van der Waals surface area contributed by atoms with Crippen LogP contribution in [0.5, 0.6) is 0 Å². The lowest BCUT2D eigenvalue weighted by atomic mass is 10.1. The van der Waals surface area contributed by atoms with Gasteiger partial charge in [-0.05, 0) is 43.3 Å². The molecule has 0 bridgehead atoms. The normalized spacial score (nSPS) is 16.1. The molecule has 5 heteroatoms. The molecule has 29 heavy (non-hydrogen) atoms. The van der Waals surface area contributed by atoms with Crippen LogP contribution in [0, 0.1) is 12.8 Å². The Morgan fingerprint density at radius 3 is 2.41 bits per heavy atom. The van der Waals surface area contributed by atoms with Crippen LogP contribution in [0.15, 0.2) is 88.7 Å². The summed E-state index contributed by atoms with van der Waals surface area (Å²) in [5.41, 5.74) is 2.76. The van der Waals surface area contributed by atoms with Gasteiger partial charge in [0.2, 0.25) is 11.8 Å². The largest absolute Gasteiger partial charge is 0.325 e. The Labute approximate surface area is 174 Å². The van der Waals surface area contributed by atoms with Crippen molar-refractivity contribution < 1.29 is 9.59 Å². The van der Waals surface area contributed by atoms with Gasteiger partial charge in [-0.1, -0.05) is 59.8 Å². The predicted molar refractivity (Wildman–Crippen MR) is 117 cm³/mol. The van der Waals surface area contributed by atoms with Crippen molar-refractivity contribution in [3.05, 3.63) is 84.4 Å². The van der Waals surface area contributed by atoms with Gasteiger partial charge in [0.05, 0.1) is 11.6 Å². The number of carbonyl (C=O) groups is 2. The molecule has 4 nitrogen and oxygen atoms in total. The number of carbonyl (C=O) groups excluding carboxylic acids is 2. The van der Waals surface area contributed by atoms with E-state index in [1.165, 1.54) is 0 Å². The smallest absolute Gasteiger partial charge is 0.229 e. The van der Waals surface area contributed by atoms with Gasteiger partial charge >= 0.3 is 0 Å². The number of benzene rings is 3. The summed E-state index contributed by atoms with van der Waals surface area (Å²) in [5, 5.41) is 3.04. The standard InChI is InChI=1S/C24H22N2O2S/c1-17-11-13-19(14-12-17)26-16-18(15-23(26)27)24(28)25-21-9-5-6-10-22(21)29-20-7-3-2-4-8-20/h2-14,18H,15-16H2,1H3,(H,25,28)/t18-/m1/s1. The van der Waals surface area contributed by atoms with E-state index in [-0.39, 0.29) is 24.2 Å². The minimum absolute atomic E-state index is 0.0130. The molecule has 1 saturated heterocycles. The van der Waals surface area contributed by atoms with Crippen LogP contribution >= 0.6 is 11.8 Å². The molecule has 0 radical (unpaired) electrons. The van der Waals surface area contributed by atoms with E-state index in [4.69, 9.17) is 0 Å². The number of hydrogen-bond acceptors (Lipinski definition) is 3. The first kappa shape index (κ1) is 19.3. The van der Waals surface area contributed by atoms with Gasteiger partial charge in [-0.25, -0.2) is 0 Å². The van der Waals surface area contributed by atoms with E-state index in [0.717, 1.165) is 26.7 Å². The average molecular weight is 403 g/mol. The summed E-state index contributed by atoms with van der Waals surface area (Å²) in [6.07, 6.45) is 0.230. The molecular weight excluding hydrogens is 380 g/mol. The highest BCUT2D eigenvalue weighted by molar-refractivity contribution is 7.99. The van der Waals surface area contributed by atoms with Crippen molar-refractivity contribution in [2.75, 3.05) is 16.8 Å². The number of anilines is 2. The predicted octanol–water partition coefficient (Wildman–Crippen LogP) is 5.14. The maximum Gasteiger partial charge on any atom is 0.229 e. The highest BCUT2D eigenvalue weighted by atomic mass is 32.2. The molecule has 0 unspecified atom stereocenters. The number of para-hydroxylation sites is 1. The maximum absolute atomic E-state index is 12.9. The van der Waals surface area contributed by atoms with Gasteiger partial charge in [-0.3, -0.25) is 9.59 Å². The van der Waals surface area contributed by atoms with Crippen LogP contribution in [0.25, 0.3) is 0 Å². The molecule has 0 saturated carbocycles. The van der Waals surface area contributed by atoms with Gasteiger partial charge in [0.1, 0.15) is 0 Å². The molecule has 146 valence electrons. The summed E-state index contributed by atoms with van der Waals surface area (Å²) >= 11 is 1.61. The maximum atomic E-state index is 12.9. The molecule has 1 N–H and O–H groups in total. The zero-order valence-corrected chi connectivity index (χ0v) is 17.0. The van der Waals surface area contributed by atoms with E-state index in [1.54, 1.807) is 16.7 Å². The molecule has 0 spiro atoms. The lowest BCUT2D eigenvalue weighted by Gasteiger charge is -2.17. The molecule has 1 fully saturated rings. The minimum Gasteiger partial charge on any atom is -0.325 e. The molecule has 3 aromatic carbocycles. The summed E-state index contributed by atoms with van der Waals surface area (Å²) in [7, 11) is 0. The fraction of sp³-hybridized carbons (Fsp3) is 0.167. The van der Waals surface area contributed by atoms with E-state index >= 15 is 0 Å². The first-order valence-corrected chi connectivity index (χ1v) is 10.4. The van der Waals surface area contributed by atoms with E-state index in [0.29, 0.717) is 6.54 Å². The molecule has 0 aliphatic carbocycles. The van der Waals surface area contributed by atoms with Crippen LogP contribution in [0.4, 0.5) is 11.4 Å². The number of nitrogens with one attached hydrogen (secondary N) is 1. The van der Waals surface area contributed by atoms with Crippen LogP contribution < -0.4 is 10.2 Å². The molecule has 0 aromatic heterocycles. The zero-order valence-electron chi connectivity index (χ0n) is 16.2. The average Bonchev–Trinajstić information content (AvgIpc) is 3.13. The van der Waals surface area contributed by atoms with E-state index < -0.39 is 0 Å². The topological polar surface area (TPSA) is 49.4 Å². The molecule has 1 aliphatic heterocycles. The summed E-state index contributed by atoms with van der Waals surface area (Å²) in [5.74, 6) is -0.492. The van der Waals surface area contributed by atoms with Crippen LogP contribution in [0.3, 0.4) is 0 Å². The molecule has 3 aromatic rings. The number of nitrogens with zero attached hydrogens (tertiary/aromatic N) is 1. The first-order valence-electron chi connectivity index (χ1n) is 9.60. The second kappa shape index (κ2) is 8.53. The van der Waals surface area contributed by atoms with Crippen molar-refractivity contribution in [1.82, 2.24) is 0 Å². The van der Waals surface area contributed by atoms with E-state index in [9.17, 15) is 9.59 Å². The molecular formula is C24H22N2O2S. The molecule has 1 aliphatic rings. The highest BCUT2D eigenvalue weighted by Gasteiger charge is 2.35. The molecule has 2 amide bonds.